The van der Waals surface area contributed by atoms with Crippen LogP contribution in [0.1, 0.15) is 138 Å². The van der Waals surface area contributed by atoms with Crippen molar-refractivity contribution >= 4 is 0 Å². The van der Waals surface area contributed by atoms with E-state index in [9.17, 15) is 0 Å². The lowest BCUT2D eigenvalue weighted by Crippen LogP contribution is -2.12. The molecule has 0 bridgehead atoms. The first-order valence-electron chi connectivity index (χ1n) is 14.9. The smallest absolute Gasteiger partial charge is 0.0231 e. The molecule has 1 rings (SSSR count). The molecule has 196 valence electrons. The van der Waals surface area contributed by atoms with Crippen molar-refractivity contribution in [3.63, 3.8) is 0 Å². The average Bonchev–Trinajstić information content (AvgIpc) is 3.62. The summed E-state index contributed by atoms with van der Waals surface area (Å²) in [6, 6.07) is 0. The zero-order chi connectivity index (χ0) is 25.3. The Morgan fingerprint density at radius 1 is 0.912 bits per heavy atom. The van der Waals surface area contributed by atoms with Crippen LogP contribution < -0.4 is 0 Å². The Bertz CT molecular complexity index is 610. The summed E-state index contributed by atoms with van der Waals surface area (Å²) in [7, 11) is 0. The summed E-state index contributed by atoms with van der Waals surface area (Å²) in [4.78, 5) is 0. The van der Waals surface area contributed by atoms with Crippen molar-refractivity contribution in [1.82, 2.24) is 0 Å². The van der Waals surface area contributed by atoms with E-state index in [1.54, 1.807) is 5.57 Å². The first-order valence-corrected chi connectivity index (χ1v) is 14.9. The minimum absolute atomic E-state index is 0.643. The van der Waals surface area contributed by atoms with Crippen LogP contribution in [0.15, 0.2) is 42.2 Å². The summed E-state index contributed by atoms with van der Waals surface area (Å²) < 4.78 is 0. The highest BCUT2D eigenvalue weighted by Gasteiger charge is 2.24. The molecule has 1 saturated carbocycles. The van der Waals surface area contributed by atoms with Gasteiger partial charge in [0.15, 0.2) is 0 Å². The van der Waals surface area contributed by atoms with Gasteiger partial charge in [-0.3, -0.25) is 0 Å². The van der Waals surface area contributed by atoms with Gasteiger partial charge in [-0.15, -0.1) is 12.3 Å². The van der Waals surface area contributed by atoms with Gasteiger partial charge in [-0.25, -0.2) is 0 Å². The van der Waals surface area contributed by atoms with Gasteiger partial charge in [-0.1, -0.05) is 97.4 Å². The molecular formula is C34H60. The molecule has 1 fully saturated rings. The minimum Gasteiger partial charge on any atom is -0.130 e. The lowest BCUT2D eigenvalue weighted by molar-refractivity contribution is 0.289. The van der Waals surface area contributed by atoms with Crippen LogP contribution in [-0.2, 0) is 0 Å². The Morgan fingerprint density at radius 3 is 2.26 bits per heavy atom. The third kappa shape index (κ3) is 15.8. The first-order chi connectivity index (χ1) is 16.2. The number of unbranched alkanes of at least 4 members (excludes halogenated alkanes) is 3. The quantitative estimate of drug-likeness (QED) is 0.0892. The van der Waals surface area contributed by atoms with Crippen LogP contribution in [0, 0.1) is 35.5 Å². The van der Waals surface area contributed by atoms with E-state index in [1.165, 1.54) is 89.0 Å². The summed E-state index contributed by atoms with van der Waals surface area (Å²) in [5.74, 6) is 5.09. The molecule has 1 aliphatic rings. The molecule has 0 aromatic carbocycles. The summed E-state index contributed by atoms with van der Waals surface area (Å²) in [6.45, 7) is 22.1. The van der Waals surface area contributed by atoms with E-state index in [4.69, 9.17) is 0 Å². The monoisotopic (exact) mass is 468 g/mol. The maximum atomic E-state index is 3.88. The van der Waals surface area contributed by atoms with Gasteiger partial charge in [0.05, 0.1) is 0 Å². The molecular weight excluding hydrogens is 408 g/mol. The van der Waals surface area contributed by atoms with Gasteiger partial charge in [0.25, 0.3) is 0 Å². The molecule has 0 heterocycles. The highest BCUT2D eigenvalue weighted by Crippen LogP contribution is 2.37. The van der Waals surface area contributed by atoms with E-state index in [-0.39, 0.29) is 0 Å². The summed E-state index contributed by atoms with van der Waals surface area (Å²) in [5, 5.41) is 0. The van der Waals surface area contributed by atoms with Crippen molar-refractivity contribution < 1.29 is 0 Å². The van der Waals surface area contributed by atoms with Crippen molar-refractivity contribution in [2.45, 2.75) is 138 Å². The maximum absolute atomic E-state index is 3.88. The molecule has 0 aromatic rings. The molecule has 0 aromatic heterocycles. The van der Waals surface area contributed by atoms with Crippen LogP contribution in [0.25, 0.3) is 0 Å². The van der Waals surface area contributed by atoms with Crippen molar-refractivity contribution in [3.8, 4) is 0 Å². The van der Waals surface area contributed by atoms with Crippen LogP contribution >= 0.6 is 0 Å². The number of rotatable bonds is 21. The van der Waals surface area contributed by atoms with Gasteiger partial charge in [0, 0.05) is 0 Å². The minimum atomic E-state index is 0.643. The van der Waals surface area contributed by atoms with E-state index in [0.717, 1.165) is 42.4 Å². The predicted molar refractivity (Wildman–Crippen MR) is 155 cm³/mol. The molecule has 4 unspecified atom stereocenters. The average molecular weight is 469 g/mol. The van der Waals surface area contributed by atoms with Crippen molar-refractivity contribution in [1.29, 1.82) is 0 Å². The molecule has 0 radical (unpaired) electrons. The topological polar surface area (TPSA) is 0 Å². The van der Waals surface area contributed by atoms with E-state index in [1.807, 2.05) is 0 Å². The van der Waals surface area contributed by atoms with Crippen molar-refractivity contribution in [3.05, 3.63) is 42.2 Å². The van der Waals surface area contributed by atoms with Gasteiger partial charge in [-0.05, 0) is 106 Å². The Hall–Kier alpha value is -1.00. The first kappa shape index (κ1) is 31.0. The lowest BCUT2D eigenvalue weighted by atomic mass is 9.81. The maximum Gasteiger partial charge on any atom is -0.0231 e. The SMILES string of the molecule is C=C=C(C)CCC(C)C=C(CCCCCC=C)C(C)CCC(C)CC(CCC1CC1)CC(C)C. The standard InChI is InChI=1S/C34H60/c1-9-11-12-13-14-15-34(26-30(7)17-16-28(5)10-2)31(8)19-18-29(6)25-33(24-27(3)4)23-22-32-20-21-32/h9,26-27,29-33H,1-2,11-25H2,3-8H3. The van der Waals surface area contributed by atoms with E-state index in [0.29, 0.717) is 5.92 Å². The van der Waals surface area contributed by atoms with Gasteiger partial charge in [0.1, 0.15) is 0 Å². The fraction of sp³-hybridized carbons (Fsp3) is 0.794. The van der Waals surface area contributed by atoms with Gasteiger partial charge < -0.3 is 0 Å². The predicted octanol–water partition coefficient (Wildman–Crippen LogP) is 11.5. The zero-order valence-corrected chi connectivity index (χ0v) is 24.1. The number of hydrogen-bond acceptors (Lipinski definition) is 0. The molecule has 0 amide bonds. The van der Waals surface area contributed by atoms with Gasteiger partial charge in [-0.2, -0.15) is 0 Å². The molecule has 0 N–H and O–H groups in total. The molecule has 0 nitrogen and oxygen atoms in total. The Balaban J connectivity index is 2.60. The Labute approximate surface area is 215 Å². The molecule has 4 atom stereocenters. The second-order valence-corrected chi connectivity index (χ2v) is 12.4. The summed E-state index contributed by atoms with van der Waals surface area (Å²) >= 11 is 0. The van der Waals surface area contributed by atoms with Crippen LogP contribution in [0.3, 0.4) is 0 Å². The molecule has 1 aliphatic carbocycles. The lowest BCUT2D eigenvalue weighted by Gasteiger charge is -2.25. The van der Waals surface area contributed by atoms with Crippen molar-refractivity contribution in [2.75, 3.05) is 0 Å². The van der Waals surface area contributed by atoms with E-state index < -0.39 is 0 Å². The second kappa shape index (κ2) is 18.3. The van der Waals surface area contributed by atoms with Crippen LogP contribution in [0.2, 0.25) is 0 Å². The highest BCUT2D eigenvalue weighted by atomic mass is 14.3. The van der Waals surface area contributed by atoms with Gasteiger partial charge >= 0.3 is 0 Å². The normalized spacial score (nSPS) is 17.8. The molecule has 34 heavy (non-hydrogen) atoms. The zero-order valence-electron chi connectivity index (χ0n) is 24.1. The fourth-order valence-corrected chi connectivity index (χ4v) is 5.55. The Kier molecular flexibility index (Phi) is 16.7. The number of hydrogen-bond donors (Lipinski definition) is 0. The third-order valence-corrected chi connectivity index (χ3v) is 8.09. The van der Waals surface area contributed by atoms with Gasteiger partial charge in [0.2, 0.25) is 0 Å². The molecule has 0 heteroatoms. The Morgan fingerprint density at radius 2 is 1.65 bits per heavy atom. The third-order valence-electron chi connectivity index (χ3n) is 8.09. The second-order valence-electron chi connectivity index (χ2n) is 12.4. The summed E-state index contributed by atoms with van der Waals surface area (Å²) in [6.07, 6.45) is 25.0. The van der Waals surface area contributed by atoms with Crippen LogP contribution in [0.5, 0.6) is 0 Å². The molecule has 0 spiro atoms. The van der Waals surface area contributed by atoms with Crippen LogP contribution in [0.4, 0.5) is 0 Å². The number of allylic oxidation sites excluding steroid dienone is 4. The summed E-state index contributed by atoms with van der Waals surface area (Å²) in [5.41, 5.74) is 6.09. The largest absolute Gasteiger partial charge is 0.130 e. The molecule has 0 saturated heterocycles. The highest BCUT2D eigenvalue weighted by molar-refractivity contribution is 5.08. The van der Waals surface area contributed by atoms with E-state index >= 15 is 0 Å². The van der Waals surface area contributed by atoms with Crippen LogP contribution in [-0.4, -0.2) is 0 Å². The van der Waals surface area contributed by atoms with E-state index in [2.05, 4.69) is 72.6 Å². The van der Waals surface area contributed by atoms with Crippen molar-refractivity contribution in [2.24, 2.45) is 35.5 Å². The fourth-order valence-electron chi connectivity index (χ4n) is 5.55. The molecule has 0 aliphatic heterocycles.